The average molecular weight is 340 g/mol. The molecule has 1 N–H and O–H groups in total. The zero-order chi connectivity index (χ0) is 17.8. The Labute approximate surface area is 148 Å². The lowest BCUT2D eigenvalue weighted by atomic mass is 9.96. The zero-order valence-electron chi connectivity index (χ0n) is 14.9. The molecule has 1 aliphatic heterocycles. The number of amides is 1. The number of halogens is 1. The summed E-state index contributed by atoms with van der Waals surface area (Å²) >= 11 is 0. The molecule has 1 aliphatic rings. The number of likely N-dealkylation sites (tertiary alicyclic amines) is 1. The van der Waals surface area contributed by atoms with Gasteiger partial charge in [-0.3, -0.25) is 9.69 Å². The first-order valence-corrected chi connectivity index (χ1v) is 8.86. The molecule has 0 aromatic heterocycles. The second kappa shape index (κ2) is 7.79. The Kier molecular flexibility index (Phi) is 5.49. The predicted octanol–water partition coefficient (Wildman–Crippen LogP) is 4.29. The molecule has 1 fully saturated rings. The quantitative estimate of drug-likeness (QED) is 0.900. The minimum Gasteiger partial charge on any atom is -0.326 e. The van der Waals surface area contributed by atoms with Crippen molar-refractivity contribution >= 4 is 11.6 Å². The Bertz CT molecular complexity index is 742. The Morgan fingerprint density at radius 1 is 1.20 bits per heavy atom. The monoisotopic (exact) mass is 340 g/mol. The number of nitrogens with zero attached hydrogens (tertiary/aromatic N) is 1. The highest BCUT2D eigenvalue weighted by molar-refractivity contribution is 5.93. The molecule has 132 valence electrons. The van der Waals surface area contributed by atoms with Crippen molar-refractivity contribution in [2.45, 2.75) is 33.2 Å². The molecule has 25 heavy (non-hydrogen) atoms. The molecular formula is C21H25FN2O. The number of rotatable bonds is 4. The number of carbonyl (C=O) groups is 1. The van der Waals surface area contributed by atoms with Crippen molar-refractivity contribution in [3.8, 4) is 0 Å². The standard InChI is InChI=1S/C21H25FN2O/c1-15-5-10-20(16(2)12-15)23-21(25)18-4-3-11-24(14-18)13-17-6-8-19(22)9-7-17/h5-10,12,18H,3-4,11,13-14H2,1-2H3,(H,23,25). The minimum atomic E-state index is -0.215. The van der Waals surface area contributed by atoms with E-state index in [4.69, 9.17) is 0 Å². The van der Waals surface area contributed by atoms with Crippen LogP contribution in [-0.2, 0) is 11.3 Å². The molecule has 3 rings (SSSR count). The molecule has 4 heteroatoms. The number of anilines is 1. The highest BCUT2D eigenvalue weighted by atomic mass is 19.1. The molecule has 1 atom stereocenters. The second-order valence-corrected chi connectivity index (χ2v) is 7.01. The van der Waals surface area contributed by atoms with E-state index in [1.807, 2.05) is 38.1 Å². The number of nitrogens with one attached hydrogen (secondary N) is 1. The lowest BCUT2D eigenvalue weighted by Gasteiger charge is -2.32. The van der Waals surface area contributed by atoms with E-state index >= 15 is 0 Å². The van der Waals surface area contributed by atoms with Crippen molar-refractivity contribution in [1.82, 2.24) is 4.90 Å². The van der Waals surface area contributed by atoms with Crippen molar-refractivity contribution in [3.63, 3.8) is 0 Å². The molecule has 1 saturated heterocycles. The average Bonchev–Trinajstić information content (AvgIpc) is 2.60. The van der Waals surface area contributed by atoms with Gasteiger partial charge < -0.3 is 5.32 Å². The van der Waals surface area contributed by atoms with Crippen LogP contribution in [0.25, 0.3) is 0 Å². The fourth-order valence-electron chi connectivity index (χ4n) is 3.45. The number of aryl methyl sites for hydroxylation is 2. The first kappa shape index (κ1) is 17.6. The van der Waals surface area contributed by atoms with Crippen molar-refractivity contribution < 1.29 is 9.18 Å². The van der Waals surface area contributed by atoms with Crippen LogP contribution in [0.1, 0.15) is 29.5 Å². The van der Waals surface area contributed by atoms with E-state index in [1.54, 1.807) is 0 Å². The van der Waals surface area contributed by atoms with E-state index in [-0.39, 0.29) is 17.6 Å². The molecule has 1 amide bonds. The van der Waals surface area contributed by atoms with Crippen LogP contribution >= 0.6 is 0 Å². The first-order valence-electron chi connectivity index (χ1n) is 8.86. The molecule has 2 aromatic rings. The van der Waals surface area contributed by atoms with E-state index in [0.717, 1.165) is 49.3 Å². The van der Waals surface area contributed by atoms with Gasteiger partial charge in [-0.1, -0.05) is 29.8 Å². The van der Waals surface area contributed by atoms with Crippen molar-refractivity contribution in [2.75, 3.05) is 18.4 Å². The Hall–Kier alpha value is -2.20. The molecule has 0 saturated carbocycles. The molecule has 0 spiro atoms. The third-order valence-corrected chi connectivity index (χ3v) is 4.84. The Morgan fingerprint density at radius 3 is 2.68 bits per heavy atom. The topological polar surface area (TPSA) is 32.3 Å². The van der Waals surface area contributed by atoms with Crippen molar-refractivity contribution in [3.05, 3.63) is 65.0 Å². The lowest BCUT2D eigenvalue weighted by Crippen LogP contribution is -2.40. The van der Waals surface area contributed by atoms with Crippen LogP contribution in [0.15, 0.2) is 42.5 Å². The molecule has 3 nitrogen and oxygen atoms in total. The van der Waals surface area contributed by atoms with E-state index < -0.39 is 0 Å². The van der Waals surface area contributed by atoms with Crippen LogP contribution < -0.4 is 5.32 Å². The summed E-state index contributed by atoms with van der Waals surface area (Å²) < 4.78 is 13.0. The third-order valence-electron chi connectivity index (χ3n) is 4.84. The van der Waals surface area contributed by atoms with E-state index in [9.17, 15) is 9.18 Å². The van der Waals surface area contributed by atoms with E-state index in [1.165, 1.54) is 17.7 Å². The number of hydrogen-bond acceptors (Lipinski definition) is 2. The summed E-state index contributed by atoms with van der Waals surface area (Å²) in [6.07, 6.45) is 1.92. The number of piperidine rings is 1. The van der Waals surface area contributed by atoms with Gasteiger partial charge in [-0.25, -0.2) is 4.39 Å². The largest absolute Gasteiger partial charge is 0.326 e. The SMILES string of the molecule is Cc1ccc(NC(=O)C2CCCN(Cc3ccc(F)cc3)C2)c(C)c1. The van der Waals surface area contributed by atoms with Crippen LogP contribution in [0.3, 0.4) is 0 Å². The summed E-state index contributed by atoms with van der Waals surface area (Å²) in [4.78, 5) is 14.9. The van der Waals surface area contributed by atoms with E-state index in [2.05, 4.69) is 16.3 Å². The predicted molar refractivity (Wildman–Crippen MR) is 98.9 cm³/mol. The van der Waals surface area contributed by atoms with E-state index in [0.29, 0.717) is 0 Å². The molecule has 0 radical (unpaired) electrons. The molecule has 1 heterocycles. The maximum absolute atomic E-state index is 13.0. The van der Waals surface area contributed by atoms with Gasteiger partial charge >= 0.3 is 0 Å². The molecule has 2 aromatic carbocycles. The van der Waals surface area contributed by atoms with Gasteiger partial charge in [0.2, 0.25) is 5.91 Å². The number of hydrogen-bond donors (Lipinski definition) is 1. The van der Waals surface area contributed by atoms with Gasteiger partial charge in [0.15, 0.2) is 0 Å². The maximum atomic E-state index is 13.0. The maximum Gasteiger partial charge on any atom is 0.228 e. The third kappa shape index (κ3) is 4.67. The number of carbonyl (C=O) groups excluding carboxylic acids is 1. The highest BCUT2D eigenvalue weighted by Crippen LogP contribution is 2.22. The van der Waals surface area contributed by atoms with Gasteiger partial charge in [0, 0.05) is 18.8 Å². The fourth-order valence-corrected chi connectivity index (χ4v) is 3.45. The molecular weight excluding hydrogens is 315 g/mol. The number of benzene rings is 2. The van der Waals surface area contributed by atoms with Crippen LogP contribution in [0.2, 0.25) is 0 Å². The van der Waals surface area contributed by atoms with Gasteiger partial charge in [0.1, 0.15) is 5.82 Å². The summed E-state index contributed by atoms with van der Waals surface area (Å²) in [6, 6.07) is 12.7. The summed E-state index contributed by atoms with van der Waals surface area (Å²) in [6.45, 7) is 6.55. The molecule has 0 bridgehead atoms. The normalized spacial score (nSPS) is 18.1. The second-order valence-electron chi connectivity index (χ2n) is 7.01. The highest BCUT2D eigenvalue weighted by Gasteiger charge is 2.26. The van der Waals surface area contributed by atoms with Gasteiger partial charge in [-0.2, -0.15) is 0 Å². The van der Waals surface area contributed by atoms with Crippen LogP contribution in [0, 0.1) is 25.6 Å². The van der Waals surface area contributed by atoms with Gasteiger partial charge in [-0.15, -0.1) is 0 Å². The van der Waals surface area contributed by atoms with Crippen molar-refractivity contribution in [2.24, 2.45) is 5.92 Å². The first-order chi connectivity index (χ1) is 12.0. The van der Waals surface area contributed by atoms with Crippen molar-refractivity contribution in [1.29, 1.82) is 0 Å². The fraction of sp³-hybridized carbons (Fsp3) is 0.381. The lowest BCUT2D eigenvalue weighted by molar-refractivity contribution is -0.121. The van der Waals surface area contributed by atoms with Gasteiger partial charge in [0.05, 0.1) is 5.92 Å². The zero-order valence-corrected chi connectivity index (χ0v) is 14.9. The Morgan fingerprint density at radius 2 is 1.96 bits per heavy atom. The summed E-state index contributed by atoms with van der Waals surface area (Å²) in [5.41, 5.74) is 4.26. The smallest absolute Gasteiger partial charge is 0.228 e. The molecule has 0 aliphatic carbocycles. The van der Waals surface area contributed by atoms with Crippen LogP contribution in [0.5, 0.6) is 0 Å². The van der Waals surface area contributed by atoms with Gasteiger partial charge in [-0.05, 0) is 62.6 Å². The summed E-state index contributed by atoms with van der Waals surface area (Å²) in [5.74, 6) is -0.126. The summed E-state index contributed by atoms with van der Waals surface area (Å²) in [5, 5.41) is 3.08. The Balaban J connectivity index is 1.60. The summed E-state index contributed by atoms with van der Waals surface area (Å²) in [7, 11) is 0. The van der Waals surface area contributed by atoms with Crippen LogP contribution in [0.4, 0.5) is 10.1 Å². The molecule has 1 unspecified atom stereocenters. The van der Waals surface area contributed by atoms with Gasteiger partial charge in [0.25, 0.3) is 0 Å². The minimum absolute atomic E-state index is 0.00472. The van der Waals surface area contributed by atoms with Crippen LogP contribution in [-0.4, -0.2) is 23.9 Å².